The Morgan fingerprint density at radius 2 is 1.52 bits per heavy atom. The van der Waals surface area contributed by atoms with E-state index in [-0.39, 0.29) is 11.8 Å². The number of anilines is 2. The van der Waals surface area contributed by atoms with Crippen molar-refractivity contribution in [3.63, 3.8) is 0 Å². The number of nitrogens with zero attached hydrogens (tertiary/aromatic N) is 3. The molecule has 2 aromatic carbocycles. The molecule has 0 aliphatic carbocycles. The first-order valence-electron chi connectivity index (χ1n) is 9.36. The van der Waals surface area contributed by atoms with E-state index in [9.17, 15) is 9.59 Å². The Balaban J connectivity index is 1.64. The lowest BCUT2D eigenvalue weighted by Gasteiger charge is -2.15. The van der Waals surface area contributed by atoms with E-state index < -0.39 is 11.8 Å². The number of hydrogen-bond acceptors (Lipinski definition) is 8. The highest BCUT2D eigenvalue weighted by molar-refractivity contribution is 6.33. The molecule has 0 unspecified atom stereocenters. The van der Waals surface area contributed by atoms with Crippen LogP contribution >= 0.6 is 0 Å². The van der Waals surface area contributed by atoms with Crippen molar-refractivity contribution < 1.29 is 23.8 Å². The Labute approximate surface area is 178 Å². The molecule has 0 fully saturated rings. The number of carbonyl (C=O) groups is 2. The lowest BCUT2D eigenvalue weighted by molar-refractivity contribution is 0.0924. The number of rotatable bonds is 6. The first-order valence-corrected chi connectivity index (χ1v) is 9.36. The first-order chi connectivity index (χ1) is 15.0. The van der Waals surface area contributed by atoms with Crippen LogP contribution < -0.4 is 24.8 Å². The number of aromatic nitrogens is 2. The second-order valence-electron chi connectivity index (χ2n) is 6.78. The third-order valence-corrected chi connectivity index (χ3v) is 5.00. The van der Waals surface area contributed by atoms with Crippen molar-refractivity contribution in [2.75, 3.05) is 32.0 Å². The van der Waals surface area contributed by atoms with Gasteiger partial charge >= 0.3 is 0 Å². The monoisotopic (exact) mass is 420 g/mol. The Morgan fingerprint density at radius 1 is 0.935 bits per heavy atom. The van der Waals surface area contributed by atoms with Crippen LogP contribution in [0.3, 0.4) is 0 Å². The fourth-order valence-corrected chi connectivity index (χ4v) is 3.48. The maximum atomic E-state index is 12.6. The van der Waals surface area contributed by atoms with Crippen molar-refractivity contribution in [3.8, 4) is 17.2 Å². The van der Waals surface area contributed by atoms with Gasteiger partial charge in [0.15, 0.2) is 11.5 Å². The number of benzene rings is 2. The second-order valence-corrected chi connectivity index (χ2v) is 6.78. The molecule has 3 aromatic rings. The number of nitrogen functional groups attached to an aromatic ring is 1. The molecule has 0 spiro atoms. The largest absolute Gasteiger partial charge is 0.493 e. The Hall–Kier alpha value is -4.14. The van der Waals surface area contributed by atoms with E-state index in [1.807, 2.05) is 0 Å². The molecule has 0 saturated heterocycles. The Bertz CT molecular complexity index is 1130. The summed E-state index contributed by atoms with van der Waals surface area (Å²) in [5.41, 5.74) is 8.23. The molecule has 0 bridgehead atoms. The quantitative estimate of drug-likeness (QED) is 0.605. The normalized spacial score (nSPS) is 12.7. The van der Waals surface area contributed by atoms with Crippen LogP contribution in [0.15, 0.2) is 42.6 Å². The Morgan fingerprint density at radius 3 is 2.00 bits per heavy atom. The number of nitrogens with two attached hydrogens (primary N) is 1. The maximum Gasteiger partial charge on any atom is 0.268 e. The maximum absolute atomic E-state index is 12.6. The summed E-state index contributed by atoms with van der Waals surface area (Å²) < 4.78 is 16.1. The zero-order chi connectivity index (χ0) is 22.1. The SMILES string of the molecule is COc1cc(Cc2cnc(N3C(=O)c4ccccc4C3=O)nc2N)cc(OC)c1OC. The van der Waals surface area contributed by atoms with Crippen LogP contribution in [0.4, 0.5) is 11.8 Å². The molecule has 31 heavy (non-hydrogen) atoms. The van der Waals surface area contributed by atoms with E-state index in [2.05, 4.69) is 9.97 Å². The summed E-state index contributed by atoms with van der Waals surface area (Å²) in [5.74, 6) is 0.666. The van der Waals surface area contributed by atoms with Gasteiger partial charge < -0.3 is 19.9 Å². The molecule has 1 aliphatic rings. The minimum atomic E-state index is -0.475. The van der Waals surface area contributed by atoms with Gasteiger partial charge in [0.25, 0.3) is 11.8 Å². The molecule has 0 atom stereocenters. The molecule has 2 N–H and O–H groups in total. The van der Waals surface area contributed by atoms with Crippen molar-refractivity contribution in [1.29, 1.82) is 0 Å². The van der Waals surface area contributed by atoms with Gasteiger partial charge in [-0.3, -0.25) is 9.59 Å². The van der Waals surface area contributed by atoms with E-state index in [4.69, 9.17) is 19.9 Å². The van der Waals surface area contributed by atoms with Crippen LogP contribution in [0.25, 0.3) is 0 Å². The van der Waals surface area contributed by atoms with Gasteiger partial charge in [0.05, 0.1) is 32.5 Å². The molecule has 4 rings (SSSR count). The van der Waals surface area contributed by atoms with Gasteiger partial charge in [0, 0.05) is 18.2 Å². The molecule has 9 nitrogen and oxygen atoms in total. The third kappa shape index (κ3) is 3.39. The van der Waals surface area contributed by atoms with Crippen LogP contribution in [0, 0.1) is 0 Å². The van der Waals surface area contributed by atoms with Gasteiger partial charge in [-0.1, -0.05) is 12.1 Å². The summed E-state index contributed by atoms with van der Waals surface area (Å²) in [6, 6.07) is 10.2. The van der Waals surface area contributed by atoms with Gasteiger partial charge in [0.1, 0.15) is 5.82 Å². The van der Waals surface area contributed by atoms with E-state index in [1.54, 1.807) is 36.4 Å². The van der Waals surface area contributed by atoms with E-state index >= 15 is 0 Å². The zero-order valence-corrected chi connectivity index (χ0v) is 17.2. The van der Waals surface area contributed by atoms with Crippen LogP contribution in [-0.2, 0) is 6.42 Å². The Kier molecular flexibility index (Phi) is 5.16. The highest BCUT2D eigenvalue weighted by atomic mass is 16.5. The summed E-state index contributed by atoms with van der Waals surface area (Å²) in [5, 5.41) is 0. The number of methoxy groups -OCH3 is 3. The number of amides is 2. The summed E-state index contributed by atoms with van der Waals surface area (Å²) >= 11 is 0. The van der Waals surface area contributed by atoms with Crippen molar-refractivity contribution in [2.45, 2.75) is 6.42 Å². The zero-order valence-electron chi connectivity index (χ0n) is 17.2. The van der Waals surface area contributed by atoms with E-state index in [0.717, 1.165) is 10.5 Å². The van der Waals surface area contributed by atoms with Crippen LogP contribution in [0.5, 0.6) is 17.2 Å². The fourth-order valence-electron chi connectivity index (χ4n) is 3.48. The summed E-state index contributed by atoms with van der Waals surface area (Å²) in [4.78, 5) is 34.7. The third-order valence-electron chi connectivity index (χ3n) is 5.00. The van der Waals surface area contributed by atoms with Crippen molar-refractivity contribution in [2.24, 2.45) is 0 Å². The van der Waals surface area contributed by atoms with Gasteiger partial charge in [0.2, 0.25) is 11.7 Å². The van der Waals surface area contributed by atoms with Crippen LogP contribution in [0.2, 0.25) is 0 Å². The number of imide groups is 1. The van der Waals surface area contributed by atoms with E-state index in [0.29, 0.717) is 40.4 Å². The molecule has 1 aliphatic heterocycles. The molecular formula is C22H20N4O5. The highest BCUT2D eigenvalue weighted by Crippen LogP contribution is 2.39. The summed E-state index contributed by atoms with van der Waals surface area (Å²) in [6.07, 6.45) is 1.88. The predicted octanol–water partition coefficient (Wildman–Crippen LogP) is 2.48. The summed E-state index contributed by atoms with van der Waals surface area (Å²) in [6.45, 7) is 0. The minimum Gasteiger partial charge on any atom is -0.493 e. The van der Waals surface area contributed by atoms with Crippen LogP contribution in [0.1, 0.15) is 31.8 Å². The fraction of sp³-hybridized carbons (Fsp3) is 0.182. The van der Waals surface area contributed by atoms with Gasteiger partial charge in [-0.25, -0.2) is 9.88 Å². The number of fused-ring (bicyclic) bond motifs is 1. The topological polar surface area (TPSA) is 117 Å². The van der Waals surface area contributed by atoms with Crippen molar-refractivity contribution >= 4 is 23.6 Å². The molecule has 9 heteroatoms. The lowest BCUT2D eigenvalue weighted by atomic mass is 10.1. The number of carbonyl (C=O) groups excluding carboxylic acids is 2. The van der Waals surface area contributed by atoms with Gasteiger partial charge in [-0.05, 0) is 29.8 Å². The molecule has 2 heterocycles. The summed E-state index contributed by atoms with van der Waals surface area (Å²) in [7, 11) is 4.61. The first kappa shape index (κ1) is 20.1. The van der Waals surface area contributed by atoms with Gasteiger partial charge in [-0.2, -0.15) is 4.98 Å². The second kappa shape index (κ2) is 7.94. The van der Waals surface area contributed by atoms with E-state index in [1.165, 1.54) is 27.5 Å². The number of ether oxygens (including phenoxy) is 3. The molecule has 0 radical (unpaired) electrons. The average molecular weight is 420 g/mol. The predicted molar refractivity (Wildman–Crippen MR) is 113 cm³/mol. The number of hydrogen-bond donors (Lipinski definition) is 1. The molecule has 2 amide bonds. The highest BCUT2D eigenvalue weighted by Gasteiger charge is 2.38. The average Bonchev–Trinajstić information content (AvgIpc) is 3.04. The van der Waals surface area contributed by atoms with Crippen LogP contribution in [-0.4, -0.2) is 43.1 Å². The molecule has 158 valence electrons. The minimum absolute atomic E-state index is 0.0580. The standard InChI is InChI=1S/C22H20N4O5/c1-29-16-9-12(10-17(30-2)18(16)31-3)8-13-11-24-22(25-19(13)23)26-20(27)14-6-4-5-7-15(14)21(26)28/h4-7,9-11H,8H2,1-3H3,(H2,23,24,25). The van der Waals surface area contributed by atoms with Crippen molar-refractivity contribution in [3.05, 3.63) is 64.8 Å². The van der Waals surface area contributed by atoms with Gasteiger partial charge in [-0.15, -0.1) is 0 Å². The lowest BCUT2D eigenvalue weighted by Crippen LogP contribution is -2.31. The smallest absolute Gasteiger partial charge is 0.268 e. The molecule has 0 saturated carbocycles. The molecule has 1 aromatic heterocycles. The molecular weight excluding hydrogens is 400 g/mol. The van der Waals surface area contributed by atoms with Crippen molar-refractivity contribution in [1.82, 2.24) is 9.97 Å².